The van der Waals surface area contributed by atoms with Gasteiger partial charge in [-0.2, -0.15) is 0 Å². The molecule has 1 aliphatic rings. The zero-order chi connectivity index (χ0) is 19.7. The molecule has 0 fully saturated rings. The highest BCUT2D eigenvalue weighted by molar-refractivity contribution is 6.31. The van der Waals surface area contributed by atoms with Crippen molar-refractivity contribution in [3.05, 3.63) is 64.2 Å². The lowest BCUT2D eigenvalue weighted by atomic mass is 10.0. The Hall–Kier alpha value is -2.66. The molecule has 2 aromatic carbocycles. The fourth-order valence-electron chi connectivity index (χ4n) is 3.16. The smallest absolute Gasteiger partial charge is 0.262 e. The zero-order valence-corrected chi connectivity index (χ0v) is 16.2. The molecular formula is C21H21ClN2O3. The lowest BCUT2D eigenvalue weighted by Gasteiger charge is -2.26. The van der Waals surface area contributed by atoms with Crippen molar-refractivity contribution in [2.75, 3.05) is 5.32 Å². The summed E-state index contributed by atoms with van der Waals surface area (Å²) in [7, 11) is 0. The van der Waals surface area contributed by atoms with Crippen LogP contribution in [0.3, 0.4) is 0 Å². The van der Waals surface area contributed by atoms with Gasteiger partial charge in [0.05, 0.1) is 11.1 Å². The Labute approximate surface area is 163 Å². The van der Waals surface area contributed by atoms with Crippen LogP contribution in [-0.2, 0) is 4.79 Å². The van der Waals surface area contributed by atoms with Crippen LogP contribution in [0.4, 0.5) is 5.69 Å². The second-order valence-electron chi connectivity index (χ2n) is 7.12. The number of rotatable bonds is 5. The van der Waals surface area contributed by atoms with E-state index in [1.54, 1.807) is 42.5 Å². The van der Waals surface area contributed by atoms with Crippen molar-refractivity contribution in [2.45, 2.75) is 33.2 Å². The van der Waals surface area contributed by atoms with Crippen LogP contribution in [0.5, 0.6) is 0 Å². The standard InChI is InChI=1S/C21H21ClN2O3/c1-12(2)10-18(19(25)23-14-9-8-13(3)17(22)11-14)24-20(26)15-6-4-5-7-16(15)21(24)27/h4-9,11-12,18H,10H2,1-3H3,(H,23,25)/t18-/m0/s1. The van der Waals surface area contributed by atoms with E-state index < -0.39 is 23.8 Å². The number of hydrogen-bond donors (Lipinski definition) is 1. The number of imide groups is 1. The van der Waals surface area contributed by atoms with E-state index in [0.29, 0.717) is 28.3 Å². The topological polar surface area (TPSA) is 66.5 Å². The van der Waals surface area contributed by atoms with Crippen LogP contribution in [0.1, 0.15) is 46.5 Å². The van der Waals surface area contributed by atoms with Crippen molar-refractivity contribution >= 4 is 35.0 Å². The van der Waals surface area contributed by atoms with Crippen LogP contribution in [0.15, 0.2) is 42.5 Å². The van der Waals surface area contributed by atoms with Gasteiger partial charge in [-0.3, -0.25) is 19.3 Å². The Balaban J connectivity index is 1.90. The van der Waals surface area contributed by atoms with Gasteiger partial charge in [0, 0.05) is 10.7 Å². The average molecular weight is 385 g/mol. The Bertz CT molecular complexity index is 888. The molecular weight excluding hydrogens is 364 g/mol. The number of carbonyl (C=O) groups excluding carboxylic acids is 3. The van der Waals surface area contributed by atoms with Gasteiger partial charge in [-0.15, -0.1) is 0 Å². The van der Waals surface area contributed by atoms with Gasteiger partial charge < -0.3 is 5.32 Å². The molecule has 27 heavy (non-hydrogen) atoms. The molecule has 3 rings (SSSR count). The number of halogens is 1. The minimum atomic E-state index is -0.891. The maximum atomic E-state index is 13.0. The zero-order valence-electron chi connectivity index (χ0n) is 15.5. The van der Waals surface area contributed by atoms with Gasteiger partial charge in [0.15, 0.2) is 0 Å². The summed E-state index contributed by atoms with van der Waals surface area (Å²) in [4.78, 5) is 39.6. The molecule has 1 atom stereocenters. The largest absolute Gasteiger partial charge is 0.324 e. The number of amides is 3. The SMILES string of the molecule is Cc1ccc(NC(=O)[C@H](CC(C)C)N2C(=O)c3ccccc3C2=O)cc1Cl. The third-order valence-corrected chi connectivity index (χ3v) is 4.98. The van der Waals surface area contributed by atoms with Crippen LogP contribution in [0, 0.1) is 12.8 Å². The first kappa shape index (κ1) is 19.1. The molecule has 0 saturated carbocycles. The van der Waals surface area contributed by atoms with Gasteiger partial charge in [0.1, 0.15) is 6.04 Å². The second-order valence-corrected chi connectivity index (χ2v) is 7.53. The number of carbonyl (C=O) groups is 3. The highest BCUT2D eigenvalue weighted by Crippen LogP contribution is 2.28. The normalized spacial score (nSPS) is 14.5. The summed E-state index contributed by atoms with van der Waals surface area (Å²) in [5.41, 5.74) is 2.10. The van der Waals surface area contributed by atoms with Crippen LogP contribution in [0.25, 0.3) is 0 Å². The molecule has 5 nitrogen and oxygen atoms in total. The third kappa shape index (κ3) is 3.74. The van der Waals surface area contributed by atoms with E-state index in [0.717, 1.165) is 10.5 Å². The predicted molar refractivity (Wildman–Crippen MR) is 105 cm³/mol. The second kappa shape index (κ2) is 7.53. The lowest BCUT2D eigenvalue weighted by molar-refractivity contribution is -0.120. The highest BCUT2D eigenvalue weighted by Gasteiger charge is 2.42. The minimum Gasteiger partial charge on any atom is -0.324 e. The molecule has 0 radical (unpaired) electrons. The maximum absolute atomic E-state index is 13.0. The van der Waals surface area contributed by atoms with Gasteiger partial charge in [-0.1, -0.05) is 43.6 Å². The van der Waals surface area contributed by atoms with Crippen LogP contribution < -0.4 is 5.32 Å². The van der Waals surface area contributed by atoms with E-state index in [4.69, 9.17) is 11.6 Å². The molecule has 1 N–H and O–H groups in total. The van der Waals surface area contributed by atoms with Gasteiger partial charge in [-0.05, 0) is 49.1 Å². The molecule has 0 spiro atoms. The predicted octanol–water partition coefficient (Wildman–Crippen LogP) is 4.30. The van der Waals surface area contributed by atoms with E-state index >= 15 is 0 Å². The van der Waals surface area contributed by atoms with E-state index in [-0.39, 0.29) is 5.92 Å². The van der Waals surface area contributed by atoms with E-state index in [1.165, 1.54) is 0 Å². The summed E-state index contributed by atoms with van der Waals surface area (Å²) in [6.07, 6.45) is 0.372. The Morgan fingerprint density at radius 3 is 2.19 bits per heavy atom. The van der Waals surface area contributed by atoms with Crippen molar-refractivity contribution in [3.8, 4) is 0 Å². The van der Waals surface area contributed by atoms with Gasteiger partial charge in [0.25, 0.3) is 11.8 Å². The van der Waals surface area contributed by atoms with Crippen molar-refractivity contribution < 1.29 is 14.4 Å². The number of benzene rings is 2. The summed E-state index contributed by atoms with van der Waals surface area (Å²) in [5.74, 6) is -1.15. The molecule has 0 saturated heterocycles. The highest BCUT2D eigenvalue weighted by atomic mass is 35.5. The van der Waals surface area contributed by atoms with Crippen LogP contribution in [-0.4, -0.2) is 28.7 Å². The van der Waals surface area contributed by atoms with E-state index in [9.17, 15) is 14.4 Å². The molecule has 0 aromatic heterocycles. The number of nitrogens with one attached hydrogen (secondary N) is 1. The van der Waals surface area contributed by atoms with E-state index in [2.05, 4.69) is 5.32 Å². The molecule has 0 aliphatic carbocycles. The summed E-state index contributed by atoms with van der Waals surface area (Å²) < 4.78 is 0. The Morgan fingerprint density at radius 1 is 1.07 bits per heavy atom. The monoisotopic (exact) mass is 384 g/mol. The molecule has 3 amide bonds. The first-order valence-electron chi connectivity index (χ1n) is 8.83. The summed E-state index contributed by atoms with van der Waals surface area (Å²) in [6.45, 7) is 5.76. The fourth-order valence-corrected chi connectivity index (χ4v) is 3.34. The van der Waals surface area contributed by atoms with Gasteiger partial charge in [0.2, 0.25) is 5.91 Å². The van der Waals surface area contributed by atoms with E-state index in [1.807, 2.05) is 20.8 Å². The number of fused-ring (bicyclic) bond motifs is 1. The van der Waals surface area contributed by atoms with Gasteiger partial charge in [-0.25, -0.2) is 0 Å². The molecule has 6 heteroatoms. The molecule has 1 aliphatic heterocycles. The summed E-state index contributed by atoms with van der Waals surface area (Å²) >= 11 is 6.13. The third-order valence-electron chi connectivity index (χ3n) is 4.57. The lowest BCUT2D eigenvalue weighted by Crippen LogP contribution is -2.47. The first-order valence-corrected chi connectivity index (χ1v) is 9.21. The van der Waals surface area contributed by atoms with Crippen molar-refractivity contribution in [2.24, 2.45) is 5.92 Å². The first-order chi connectivity index (χ1) is 12.8. The van der Waals surface area contributed by atoms with Crippen LogP contribution >= 0.6 is 11.6 Å². The number of anilines is 1. The average Bonchev–Trinajstić information content (AvgIpc) is 2.87. The number of hydrogen-bond acceptors (Lipinski definition) is 3. The molecule has 0 bridgehead atoms. The summed E-state index contributed by atoms with van der Waals surface area (Å²) in [5, 5.41) is 3.33. The molecule has 140 valence electrons. The maximum Gasteiger partial charge on any atom is 0.262 e. The Morgan fingerprint density at radius 2 is 1.67 bits per heavy atom. The van der Waals surface area contributed by atoms with Crippen LogP contribution in [0.2, 0.25) is 5.02 Å². The summed E-state index contributed by atoms with van der Waals surface area (Å²) in [6, 6.07) is 10.9. The molecule has 1 heterocycles. The number of nitrogens with zero attached hydrogens (tertiary/aromatic N) is 1. The number of aryl methyl sites for hydroxylation is 1. The minimum absolute atomic E-state index is 0.117. The molecule has 0 unspecified atom stereocenters. The Kier molecular flexibility index (Phi) is 5.33. The quantitative estimate of drug-likeness (QED) is 0.781. The van der Waals surface area contributed by atoms with Crippen molar-refractivity contribution in [1.82, 2.24) is 4.90 Å². The fraction of sp³-hybridized carbons (Fsp3) is 0.286. The van der Waals surface area contributed by atoms with Crippen molar-refractivity contribution in [3.63, 3.8) is 0 Å². The van der Waals surface area contributed by atoms with Crippen molar-refractivity contribution in [1.29, 1.82) is 0 Å². The molecule has 2 aromatic rings. The van der Waals surface area contributed by atoms with Gasteiger partial charge >= 0.3 is 0 Å².